The second kappa shape index (κ2) is 11.8. The molecule has 1 fully saturated rings. The van der Waals surface area contributed by atoms with Gasteiger partial charge in [-0.15, -0.1) is 0 Å². The number of carbonyl (C=O) groups is 2. The van der Waals surface area contributed by atoms with Gasteiger partial charge in [-0.05, 0) is 31.4 Å². The molecule has 0 unspecified atom stereocenters. The molecule has 1 heterocycles. The van der Waals surface area contributed by atoms with Gasteiger partial charge in [0.25, 0.3) is 0 Å². The molecule has 0 spiro atoms. The minimum absolute atomic E-state index is 0.0178. The highest BCUT2D eigenvalue weighted by atomic mass is 16.2. The van der Waals surface area contributed by atoms with Crippen molar-refractivity contribution in [3.05, 3.63) is 29.3 Å². The van der Waals surface area contributed by atoms with Crippen LogP contribution < -0.4 is 5.32 Å². The Kier molecular flexibility index (Phi) is 9.48. The maximum absolute atomic E-state index is 12.4. The molecule has 5 heteroatoms. The molecular weight excluding hydrogens is 350 g/mol. The molecule has 1 N–H and O–H groups in total. The number of carbonyl (C=O) groups excluding carboxylic acids is 2. The zero-order valence-electron chi connectivity index (χ0n) is 17.9. The minimum Gasteiger partial charge on any atom is -0.340 e. The summed E-state index contributed by atoms with van der Waals surface area (Å²) in [7, 11) is 0. The summed E-state index contributed by atoms with van der Waals surface area (Å²) in [5, 5.41) is 3.05. The summed E-state index contributed by atoms with van der Waals surface area (Å²) in [6.07, 6.45) is 7.90. The lowest BCUT2D eigenvalue weighted by molar-refractivity contribution is -0.133. The van der Waals surface area contributed by atoms with E-state index in [0.29, 0.717) is 13.0 Å². The Morgan fingerprint density at radius 1 is 0.929 bits per heavy atom. The van der Waals surface area contributed by atoms with E-state index in [-0.39, 0.29) is 11.8 Å². The minimum atomic E-state index is 0.0178. The third-order valence-corrected chi connectivity index (χ3v) is 5.58. The zero-order chi connectivity index (χ0) is 20.4. The lowest BCUT2D eigenvalue weighted by atomic mass is 10.1. The molecule has 28 heavy (non-hydrogen) atoms. The molecule has 1 aromatic rings. The number of nitrogens with zero attached hydrogens (tertiary/aromatic N) is 2. The molecule has 1 saturated heterocycles. The number of unbranched alkanes of at least 4 members (excludes halogenated alkanes) is 5. The average Bonchev–Trinajstić information content (AvgIpc) is 2.68. The van der Waals surface area contributed by atoms with Gasteiger partial charge < -0.3 is 10.2 Å². The van der Waals surface area contributed by atoms with Crippen LogP contribution in [0.4, 0.5) is 5.69 Å². The summed E-state index contributed by atoms with van der Waals surface area (Å²) in [5.74, 6) is 0.291. The van der Waals surface area contributed by atoms with Gasteiger partial charge in [-0.25, -0.2) is 0 Å². The van der Waals surface area contributed by atoms with Crippen molar-refractivity contribution in [2.24, 2.45) is 0 Å². The third kappa shape index (κ3) is 7.27. The van der Waals surface area contributed by atoms with Crippen LogP contribution in [-0.4, -0.2) is 54.3 Å². The number of hydrogen-bond acceptors (Lipinski definition) is 3. The Morgan fingerprint density at radius 3 is 2.18 bits per heavy atom. The van der Waals surface area contributed by atoms with Crippen molar-refractivity contribution in [1.29, 1.82) is 0 Å². The summed E-state index contributed by atoms with van der Waals surface area (Å²) in [6.45, 7) is 9.61. The highest BCUT2D eigenvalue weighted by Crippen LogP contribution is 2.19. The molecule has 0 radical (unpaired) electrons. The number of benzene rings is 1. The summed E-state index contributed by atoms with van der Waals surface area (Å²) in [4.78, 5) is 28.9. The van der Waals surface area contributed by atoms with E-state index in [1.54, 1.807) is 0 Å². The molecular formula is C23H37N3O2. The molecule has 1 aliphatic heterocycles. The summed E-state index contributed by atoms with van der Waals surface area (Å²) in [6, 6.07) is 6.02. The molecule has 1 aromatic carbocycles. The number of piperazine rings is 1. The van der Waals surface area contributed by atoms with Crippen LogP contribution >= 0.6 is 0 Å². The van der Waals surface area contributed by atoms with Gasteiger partial charge in [-0.3, -0.25) is 14.5 Å². The van der Waals surface area contributed by atoms with Crippen LogP contribution in [-0.2, 0) is 9.59 Å². The Balaban J connectivity index is 1.66. The molecule has 156 valence electrons. The first-order chi connectivity index (χ1) is 13.5. The van der Waals surface area contributed by atoms with E-state index in [1.807, 2.05) is 36.9 Å². The average molecular weight is 388 g/mol. The zero-order valence-corrected chi connectivity index (χ0v) is 17.9. The normalized spacial score (nSPS) is 14.9. The Morgan fingerprint density at radius 2 is 1.54 bits per heavy atom. The number of aryl methyl sites for hydroxylation is 2. The maximum atomic E-state index is 12.4. The monoisotopic (exact) mass is 387 g/mol. The number of rotatable bonds is 10. The topological polar surface area (TPSA) is 52.7 Å². The van der Waals surface area contributed by atoms with Crippen molar-refractivity contribution in [2.45, 2.75) is 65.7 Å². The van der Waals surface area contributed by atoms with Gasteiger partial charge in [0.2, 0.25) is 11.8 Å². The van der Waals surface area contributed by atoms with Crippen LogP contribution in [0, 0.1) is 13.8 Å². The fourth-order valence-electron chi connectivity index (χ4n) is 3.76. The van der Waals surface area contributed by atoms with E-state index in [0.717, 1.165) is 55.8 Å². The Bertz CT molecular complexity index is 616. The SMILES string of the molecule is CCCCCCCCC(=O)N1CCN(CC(=O)Nc2c(C)cccc2C)CC1. The van der Waals surface area contributed by atoms with E-state index < -0.39 is 0 Å². The number of amides is 2. The largest absolute Gasteiger partial charge is 0.340 e. The third-order valence-electron chi connectivity index (χ3n) is 5.58. The van der Waals surface area contributed by atoms with Gasteiger partial charge in [0, 0.05) is 38.3 Å². The highest BCUT2D eigenvalue weighted by Gasteiger charge is 2.22. The molecule has 0 saturated carbocycles. The van der Waals surface area contributed by atoms with Crippen molar-refractivity contribution in [3.8, 4) is 0 Å². The van der Waals surface area contributed by atoms with E-state index >= 15 is 0 Å². The van der Waals surface area contributed by atoms with E-state index in [2.05, 4.69) is 17.1 Å². The molecule has 0 aromatic heterocycles. The van der Waals surface area contributed by atoms with Crippen LogP contribution in [0.15, 0.2) is 18.2 Å². The summed E-state index contributed by atoms with van der Waals surface area (Å²) >= 11 is 0. The molecule has 0 bridgehead atoms. The first-order valence-corrected chi connectivity index (χ1v) is 10.9. The van der Waals surface area contributed by atoms with Crippen molar-refractivity contribution in [3.63, 3.8) is 0 Å². The Labute approximate surface area is 170 Å². The van der Waals surface area contributed by atoms with Crippen LogP contribution in [0.2, 0.25) is 0 Å². The number of anilines is 1. The Hall–Kier alpha value is -1.88. The summed E-state index contributed by atoms with van der Waals surface area (Å²) in [5.41, 5.74) is 3.08. The molecule has 1 aliphatic rings. The second-order valence-corrected chi connectivity index (χ2v) is 7.99. The lowest BCUT2D eigenvalue weighted by Gasteiger charge is -2.34. The van der Waals surface area contributed by atoms with Gasteiger partial charge in [0.1, 0.15) is 0 Å². The standard InChI is InChI=1S/C23H37N3O2/c1-4-5-6-7-8-9-13-22(28)26-16-14-25(15-17-26)18-21(27)24-23-19(2)11-10-12-20(23)3/h10-12H,4-9,13-18H2,1-3H3,(H,24,27). The van der Waals surface area contributed by atoms with Crippen LogP contribution in [0.5, 0.6) is 0 Å². The number of nitrogens with one attached hydrogen (secondary N) is 1. The highest BCUT2D eigenvalue weighted by molar-refractivity contribution is 5.93. The van der Waals surface area contributed by atoms with E-state index in [4.69, 9.17) is 0 Å². The maximum Gasteiger partial charge on any atom is 0.238 e. The molecule has 0 atom stereocenters. The fraction of sp³-hybridized carbons (Fsp3) is 0.652. The predicted molar refractivity (Wildman–Crippen MR) is 116 cm³/mol. The van der Waals surface area contributed by atoms with E-state index in [9.17, 15) is 9.59 Å². The quantitative estimate of drug-likeness (QED) is 0.614. The van der Waals surface area contributed by atoms with Gasteiger partial charge in [-0.1, -0.05) is 57.2 Å². The first-order valence-electron chi connectivity index (χ1n) is 10.9. The van der Waals surface area contributed by atoms with Crippen molar-refractivity contribution in [2.75, 3.05) is 38.0 Å². The number of hydrogen-bond donors (Lipinski definition) is 1. The predicted octanol–water partition coefficient (Wildman–Crippen LogP) is 4.14. The molecule has 0 aliphatic carbocycles. The first kappa shape index (κ1) is 22.4. The molecule has 5 nitrogen and oxygen atoms in total. The smallest absolute Gasteiger partial charge is 0.238 e. The van der Waals surface area contributed by atoms with Gasteiger partial charge in [0.15, 0.2) is 0 Å². The van der Waals surface area contributed by atoms with Gasteiger partial charge in [0.05, 0.1) is 6.54 Å². The lowest BCUT2D eigenvalue weighted by Crippen LogP contribution is -2.50. The second-order valence-electron chi connectivity index (χ2n) is 7.99. The van der Waals surface area contributed by atoms with E-state index in [1.165, 1.54) is 25.7 Å². The fourth-order valence-corrected chi connectivity index (χ4v) is 3.76. The van der Waals surface area contributed by atoms with Gasteiger partial charge >= 0.3 is 0 Å². The summed E-state index contributed by atoms with van der Waals surface area (Å²) < 4.78 is 0. The van der Waals surface area contributed by atoms with Gasteiger partial charge in [-0.2, -0.15) is 0 Å². The van der Waals surface area contributed by atoms with Crippen molar-refractivity contribution in [1.82, 2.24) is 9.80 Å². The van der Waals surface area contributed by atoms with Crippen molar-refractivity contribution < 1.29 is 9.59 Å². The van der Waals surface area contributed by atoms with Crippen molar-refractivity contribution >= 4 is 17.5 Å². The number of para-hydroxylation sites is 1. The molecule has 2 rings (SSSR count). The van der Waals surface area contributed by atoms with Crippen LogP contribution in [0.1, 0.15) is 63.0 Å². The van der Waals surface area contributed by atoms with Crippen LogP contribution in [0.25, 0.3) is 0 Å². The molecule has 2 amide bonds. The van der Waals surface area contributed by atoms with Crippen LogP contribution in [0.3, 0.4) is 0 Å².